The van der Waals surface area contributed by atoms with Crippen molar-refractivity contribution in [1.29, 1.82) is 0 Å². The van der Waals surface area contributed by atoms with E-state index >= 15 is 0 Å². The fraction of sp³-hybridized carbons (Fsp3) is 0.353. The molecule has 1 aromatic rings. The molecule has 1 fully saturated rings. The summed E-state index contributed by atoms with van der Waals surface area (Å²) in [6, 6.07) is 3.05. The largest absolute Gasteiger partial charge is 0.479 e. The van der Waals surface area contributed by atoms with Crippen LogP contribution in [0.5, 0.6) is 5.75 Å². The lowest BCUT2D eigenvalue weighted by Gasteiger charge is -2.11. The maximum Gasteiger partial charge on any atom is 0.344 e. The number of ether oxygens (including phenoxy) is 3. The van der Waals surface area contributed by atoms with E-state index in [-0.39, 0.29) is 52.3 Å². The van der Waals surface area contributed by atoms with Crippen molar-refractivity contribution < 1.29 is 28.6 Å². The molecule has 0 radical (unpaired) electrons. The fourth-order valence-electron chi connectivity index (χ4n) is 2.16. The Morgan fingerprint density at radius 3 is 2.52 bits per heavy atom. The zero-order chi connectivity index (χ0) is 20.0. The van der Waals surface area contributed by atoms with Gasteiger partial charge in [0.1, 0.15) is 0 Å². The van der Waals surface area contributed by atoms with E-state index in [1.165, 1.54) is 25.3 Å². The monoisotopic (exact) mass is 433 g/mol. The van der Waals surface area contributed by atoms with E-state index in [0.29, 0.717) is 5.56 Å². The Labute approximate surface area is 170 Å². The number of imide groups is 1. The Morgan fingerprint density at radius 1 is 1.26 bits per heavy atom. The van der Waals surface area contributed by atoms with Gasteiger partial charge in [0.15, 0.2) is 12.4 Å². The molecule has 0 atom stereocenters. The van der Waals surface area contributed by atoms with E-state index in [0.717, 1.165) is 16.7 Å². The van der Waals surface area contributed by atoms with Gasteiger partial charge in [0.2, 0.25) is 0 Å². The van der Waals surface area contributed by atoms with E-state index < -0.39 is 11.9 Å². The Hall–Kier alpha value is -1.74. The first-order valence-corrected chi connectivity index (χ1v) is 9.46. The number of thioether (sulfide) groups is 1. The highest BCUT2D eigenvalue weighted by molar-refractivity contribution is 8.18. The number of rotatable bonds is 8. The number of benzene rings is 1. The first kappa shape index (κ1) is 21.6. The van der Waals surface area contributed by atoms with Gasteiger partial charge in [-0.2, -0.15) is 0 Å². The third kappa shape index (κ3) is 5.62. The Bertz CT molecular complexity index is 760. The van der Waals surface area contributed by atoms with Crippen molar-refractivity contribution in [1.82, 2.24) is 4.90 Å². The maximum atomic E-state index is 12.3. The molecule has 0 unspecified atom stereocenters. The SMILES string of the molecule is CCOC(=O)COc1c(Cl)cc(/C=C2/SC(=O)N(CCOC)C2=O)cc1Cl. The van der Waals surface area contributed by atoms with Crippen molar-refractivity contribution in [2.24, 2.45) is 0 Å². The summed E-state index contributed by atoms with van der Waals surface area (Å²) in [5.41, 5.74) is 0.519. The number of nitrogens with zero attached hydrogens (tertiary/aromatic N) is 1. The molecule has 0 saturated carbocycles. The van der Waals surface area contributed by atoms with E-state index in [2.05, 4.69) is 0 Å². The van der Waals surface area contributed by atoms with Crippen LogP contribution >= 0.6 is 35.0 Å². The van der Waals surface area contributed by atoms with Gasteiger partial charge in [0.05, 0.1) is 34.7 Å². The van der Waals surface area contributed by atoms with Crippen LogP contribution in [0.15, 0.2) is 17.0 Å². The standard InChI is InChI=1S/C17H17Cl2NO6S/c1-3-25-14(21)9-26-15-11(18)6-10(7-12(15)19)8-13-16(22)20(4-5-24-2)17(23)27-13/h6-8H,3-5,9H2,1-2H3/b13-8+. The second-order valence-electron chi connectivity index (χ2n) is 5.23. The highest BCUT2D eigenvalue weighted by Gasteiger charge is 2.34. The molecule has 10 heteroatoms. The zero-order valence-corrected chi connectivity index (χ0v) is 16.9. The van der Waals surface area contributed by atoms with E-state index in [9.17, 15) is 14.4 Å². The molecule has 0 N–H and O–H groups in total. The summed E-state index contributed by atoms with van der Waals surface area (Å²) < 4.78 is 15.0. The van der Waals surface area contributed by atoms with Crippen LogP contribution in [0.1, 0.15) is 12.5 Å². The molecule has 0 aliphatic carbocycles. The average molecular weight is 434 g/mol. The van der Waals surface area contributed by atoms with Crippen LogP contribution in [0.2, 0.25) is 10.0 Å². The second kappa shape index (κ2) is 9.98. The summed E-state index contributed by atoms with van der Waals surface area (Å²) in [5.74, 6) is -0.813. The molecule has 1 saturated heterocycles. The first-order valence-electron chi connectivity index (χ1n) is 7.89. The van der Waals surface area contributed by atoms with Gasteiger partial charge in [-0.1, -0.05) is 23.2 Å². The summed E-state index contributed by atoms with van der Waals surface area (Å²) >= 11 is 13.2. The third-order valence-corrected chi connectivity index (χ3v) is 4.82. The Morgan fingerprint density at radius 2 is 1.93 bits per heavy atom. The number of hydrogen-bond donors (Lipinski definition) is 0. The highest BCUT2D eigenvalue weighted by Crippen LogP contribution is 2.37. The van der Waals surface area contributed by atoms with Crippen molar-refractivity contribution >= 4 is 58.2 Å². The molecular weight excluding hydrogens is 417 g/mol. The number of carbonyl (C=O) groups excluding carboxylic acids is 3. The van der Waals surface area contributed by atoms with Crippen molar-refractivity contribution in [3.63, 3.8) is 0 Å². The van der Waals surface area contributed by atoms with Crippen molar-refractivity contribution in [3.8, 4) is 5.75 Å². The average Bonchev–Trinajstić information content (AvgIpc) is 2.86. The maximum absolute atomic E-state index is 12.3. The van der Waals surface area contributed by atoms with Gasteiger partial charge in [-0.05, 0) is 42.5 Å². The minimum Gasteiger partial charge on any atom is -0.479 e. The predicted octanol–water partition coefficient (Wildman–Crippen LogP) is 3.62. The number of halogens is 2. The summed E-state index contributed by atoms with van der Waals surface area (Å²) in [6.45, 7) is 2.03. The first-order chi connectivity index (χ1) is 12.9. The number of amides is 2. The number of esters is 1. The summed E-state index contributed by atoms with van der Waals surface area (Å²) in [5, 5.41) is -0.0387. The van der Waals surface area contributed by atoms with Crippen LogP contribution in [0.3, 0.4) is 0 Å². The van der Waals surface area contributed by atoms with Gasteiger partial charge in [-0.25, -0.2) is 4.79 Å². The fourth-order valence-corrected chi connectivity index (χ4v) is 3.64. The van der Waals surface area contributed by atoms with Crippen LogP contribution in [-0.2, 0) is 19.1 Å². The third-order valence-electron chi connectivity index (χ3n) is 3.35. The molecule has 0 aromatic heterocycles. The topological polar surface area (TPSA) is 82.1 Å². The molecule has 2 amide bonds. The predicted molar refractivity (Wildman–Crippen MR) is 103 cm³/mol. The number of hydrogen-bond acceptors (Lipinski definition) is 7. The van der Waals surface area contributed by atoms with Crippen molar-refractivity contribution in [3.05, 3.63) is 32.6 Å². The molecule has 1 aliphatic rings. The molecule has 0 bridgehead atoms. The normalized spacial score (nSPS) is 15.6. The van der Waals surface area contributed by atoms with Crippen LogP contribution in [0.25, 0.3) is 6.08 Å². The molecular formula is C17H17Cl2NO6S. The van der Waals surface area contributed by atoms with E-state index in [4.69, 9.17) is 37.4 Å². The van der Waals surface area contributed by atoms with Gasteiger partial charge in [-0.15, -0.1) is 0 Å². The van der Waals surface area contributed by atoms with Crippen LogP contribution in [-0.4, -0.2) is 55.5 Å². The highest BCUT2D eigenvalue weighted by atomic mass is 35.5. The molecule has 27 heavy (non-hydrogen) atoms. The molecule has 7 nitrogen and oxygen atoms in total. The number of carbonyl (C=O) groups is 3. The minimum absolute atomic E-state index is 0.136. The number of methoxy groups -OCH3 is 1. The Balaban J connectivity index is 2.16. The van der Waals surface area contributed by atoms with Gasteiger partial charge in [0.25, 0.3) is 11.1 Å². The minimum atomic E-state index is -0.543. The van der Waals surface area contributed by atoms with Crippen LogP contribution in [0.4, 0.5) is 4.79 Å². The van der Waals surface area contributed by atoms with Gasteiger partial charge in [0, 0.05) is 7.11 Å². The molecule has 0 spiro atoms. The van der Waals surface area contributed by atoms with Gasteiger partial charge in [-0.3, -0.25) is 14.5 Å². The van der Waals surface area contributed by atoms with Crippen molar-refractivity contribution in [2.75, 3.05) is 33.5 Å². The molecule has 146 valence electrons. The second-order valence-corrected chi connectivity index (χ2v) is 7.04. The van der Waals surface area contributed by atoms with Crippen LogP contribution in [0, 0.1) is 0 Å². The smallest absolute Gasteiger partial charge is 0.344 e. The Kier molecular flexibility index (Phi) is 7.97. The summed E-state index contributed by atoms with van der Waals surface area (Å²) in [6.07, 6.45) is 1.52. The van der Waals surface area contributed by atoms with E-state index in [1.54, 1.807) is 6.92 Å². The lowest BCUT2D eigenvalue weighted by molar-refractivity contribution is -0.145. The van der Waals surface area contributed by atoms with E-state index in [1.807, 2.05) is 0 Å². The zero-order valence-electron chi connectivity index (χ0n) is 14.6. The van der Waals surface area contributed by atoms with Gasteiger partial charge < -0.3 is 14.2 Å². The van der Waals surface area contributed by atoms with Crippen LogP contribution < -0.4 is 4.74 Å². The quantitative estimate of drug-likeness (QED) is 0.457. The van der Waals surface area contributed by atoms with Gasteiger partial charge >= 0.3 is 5.97 Å². The summed E-state index contributed by atoms with van der Waals surface area (Å²) in [7, 11) is 1.49. The molecule has 2 rings (SSSR count). The molecule has 1 heterocycles. The lowest BCUT2D eigenvalue weighted by atomic mass is 10.2. The molecule has 1 aliphatic heterocycles. The van der Waals surface area contributed by atoms with Crippen molar-refractivity contribution in [2.45, 2.75) is 6.92 Å². The lowest BCUT2D eigenvalue weighted by Crippen LogP contribution is -2.31. The molecule has 1 aromatic carbocycles. The summed E-state index contributed by atoms with van der Waals surface area (Å²) in [4.78, 5) is 37.0.